The van der Waals surface area contributed by atoms with Gasteiger partial charge in [-0.1, -0.05) is 24.3 Å². The molecule has 3 heteroatoms. The van der Waals surface area contributed by atoms with Crippen LogP contribution in [0.25, 0.3) is 10.9 Å². The summed E-state index contributed by atoms with van der Waals surface area (Å²) < 4.78 is 0. The highest BCUT2D eigenvalue weighted by molar-refractivity contribution is 7.10. The molecule has 3 rings (SSSR count). The Balaban J connectivity index is 2.07. The lowest BCUT2D eigenvalue weighted by Gasteiger charge is -2.10. The topological polar surface area (TPSA) is 33.1 Å². The van der Waals surface area contributed by atoms with Crippen molar-refractivity contribution in [3.05, 3.63) is 64.0 Å². The molecule has 2 aromatic heterocycles. The second kappa shape index (κ2) is 4.52. The molecule has 0 spiro atoms. The van der Waals surface area contributed by atoms with Crippen LogP contribution in [0.2, 0.25) is 0 Å². The van der Waals surface area contributed by atoms with Gasteiger partial charge in [-0.15, -0.1) is 11.3 Å². The van der Waals surface area contributed by atoms with Crippen molar-refractivity contribution in [3.8, 4) is 0 Å². The van der Waals surface area contributed by atoms with Crippen molar-refractivity contribution in [2.75, 3.05) is 0 Å². The Labute approximate surface area is 110 Å². The quantitative estimate of drug-likeness (QED) is 0.757. The number of aryl methyl sites for hydroxylation is 1. The lowest BCUT2D eigenvalue weighted by atomic mass is 10.1. The molecule has 0 bridgehead atoms. The summed E-state index contributed by atoms with van der Waals surface area (Å²) in [4.78, 5) is 5.66. The standard InChI is InChI=1S/C15H13NOS/c1-10-12(8-9-18-10)15(17)14-7-6-11-4-2-3-5-13(11)16-14/h2-9,15,17H,1H3. The Morgan fingerprint density at radius 3 is 2.72 bits per heavy atom. The first-order valence-corrected chi connectivity index (χ1v) is 6.71. The van der Waals surface area contributed by atoms with Crippen LogP contribution in [0.5, 0.6) is 0 Å². The molecule has 0 amide bonds. The van der Waals surface area contributed by atoms with Crippen LogP contribution in [0, 0.1) is 6.92 Å². The fraction of sp³-hybridized carbons (Fsp3) is 0.133. The van der Waals surface area contributed by atoms with E-state index in [9.17, 15) is 5.11 Å². The van der Waals surface area contributed by atoms with Gasteiger partial charge < -0.3 is 5.11 Å². The molecule has 0 saturated heterocycles. The number of nitrogens with zero attached hydrogens (tertiary/aromatic N) is 1. The van der Waals surface area contributed by atoms with Crippen LogP contribution in [0.3, 0.4) is 0 Å². The molecule has 0 aliphatic carbocycles. The minimum absolute atomic E-state index is 0.638. The van der Waals surface area contributed by atoms with Gasteiger partial charge in [0.1, 0.15) is 6.10 Å². The zero-order valence-electron chi connectivity index (χ0n) is 10.00. The van der Waals surface area contributed by atoms with E-state index >= 15 is 0 Å². The fourth-order valence-electron chi connectivity index (χ4n) is 2.07. The van der Waals surface area contributed by atoms with Crippen LogP contribution < -0.4 is 0 Å². The zero-order valence-corrected chi connectivity index (χ0v) is 10.8. The molecule has 18 heavy (non-hydrogen) atoms. The van der Waals surface area contributed by atoms with E-state index in [1.54, 1.807) is 11.3 Å². The highest BCUT2D eigenvalue weighted by Gasteiger charge is 2.15. The molecule has 1 atom stereocenters. The maximum absolute atomic E-state index is 10.4. The molecular weight excluding hydrogens is 242 g/mol. The van der Waals surface area contributed by atoms with Gasteiger partial charge in [0, 0.05) is 15.8 Å². The summed E-state index contributed by atoms with van der Waals surface area (Å²) in [5, 5.41) is 13.5. The molecule has 0 aliphatic rings. The summed E-state index contributed by atoms with van der Waals surface area (Å²) in [6, 6.07) is 13.8. The Hall–Kier alpha value is -1.71. The maximum atomic E-state index is 10.4. The Bertz CT molecular complexity index is 690. The first kappa shape index (κ1) is 11.4. The van der Waals surface area contributed by atoms with Crippen LogP contribution in [0.1, 0.15) is 22.2 Å². The van der Waals surface area contributed by atoms with E-state index < -0.39 is 6.10 Å². The molecule has 1 aromatic carbocycles. The SMILES string of the molecule is Cc1sccc1C(O)c1ccc2ccccc2n1. The van der Waals surface area contributed by atoms with Crippen LogP contribution in [-0.2, 0) is 0 Å². The van der Waals surface area contributed by atoms with Crippen molar-refractivity contribution in [1.29, 1.82) is 0 Å². The first-order chi connectivity index (χ1) is 8.75. The molecule has 0 radical (unpaired) electrons. The number of aliphatic hydroxyl groups excluding tert-OH is 1. The summed E-state index contributed by atoms with van der Waals surface area (Å²) in [5.74, 6) is 0. The number of hydrogen-bond donors (Lipinski definition) is 1. The zero-order chi connectivity index (χ0) is 12.5. The highest BCUT2D eigenvalue weighted by atomic mass is 32.1. The molecular formula is C15H13NOS. The normalized spacial score (nSPS) is 12.8. The number of para-hydroxylation sites is 1. The largest absolute Gasteiger partial charge is 0.382 e. The molecule has 2 heterocycles. The maximum Gasteiger partial charge on any atom is 0.122 e. The second-order valence-corrected chi connectivity index (χ2v) is 5.38. The number of rotatable bonds is 2. The van der Waals surface area contributed by atoms with Crippen molar-refractivity contribution >= 4 is 22.2 Å². The smallest absolute Gasteiger partial charge is 0.122 e. The lowest BCUT2D eigenvalue weighted by Crippen LogP contribution is -2.02. The molecule has 1 unspecified atom stereocenters. The van der Waals surface area contributed by atoms with Crippen molar-refractivity contribution in [1.82, 2.24) is 4.98 Å². The van der Waals surface area contributed by atoms with Gasteiger partial charge in [-0.05, 0) is 30.5 Å². The number of fused-ring (bicyclic) bond motifs is 1. The number of aliphatic hydroxyl groups is 1. The minimum Gasteiger partial charge on any atom is -0.382 e. The summed E-state index contributed by atoms with van der Waals surface area (Å²) >= 11 is 1.64. The Morgan fingerprint density at radius 1 is 1.11 bits per heavy atom. The molecule has 0 fully saturated rings. The van der Waals surface area contributed by atoms with Gasteiger partial charge in [-0.25, -0.2) is 4.98 Å². The second-order valence-electron chi connectivity index (χ2n) is 4.26. The summed E-state index contributed by atoms with van der Waals surface area (Å²) in [5.41, 5.74) is 2.57. The Kier molecular flexibility index (Phi) is 2.86. The monoisotopic (exact) mass is 255 g/mol. The average molecular weight is 255 g/mol. The minimum atomic E-state index is -0.638. The van der Waals surface area contributed by atoms with E-state index in [4.69, 9.17) is 0 Å². The van der Waals surface area contributed by atoms with E-state index in [1.807, 2.05) is 54.8 Å². The molecule has 3 aromatic rings. The van der Waals surface area contributed by atoms with E-state index in [0.717, 1.165) is 21.3 Å². The molecule has 0 aliphatic heterocycles. The van der Waals surface area contributed by atoms with Crippen LogP contribution >= 0.6 is 11.3 Å². The number of thiophene rings is 1. The van der Waals surface area contributed by atoms with Crippen LogP contribution in [0.15, 0.2) is 47.8 Å². The van der Waals surface area contributed by atoms with Crippen LogP contribution in [-0.4, -0.2) is 10.1 Å². The van der Waals surface area contributed by atoms with Crippen molar-refractivity contribution in [2.45, 2.75) is 13.0 Å². The number of hydrogen-bond acceptors (Lipinski definition) is 3. The van der Waals surface area contributed by atoms with Gasteiger partial charge in [-0.3, -0.25) is 0 Å². The van der Waals surface area contributed by atoms with E-state index in [0.29, 0.717) is 5.69 Å². The van der Waals surface area contributed by atoms with Gasteiger partial charge in [-0.2, -0.15) is 0 Å². The summed E-state index contributed by atoms with van der Waals surface area (Å²) in [7, 11) is 0. The van der Waals surface area contributed by atoms with Crippen molar-refractivity contribution < 1.29 is 5.11 Å². The number of benzene rings is 1. The summed E-state index contributed by atoms with van der Waals surface area (Å²) in [6.45, 7) is 2.02. The van der Waals surface area contributed by atoms with Crippen molar-refractivity contribution in [3.63, 3.8) is 0 Å². The Morgan fingerprint density at radius 2 is 1.94 bits per heavy atom. The average Bonchev–Trinajstić information content (AvgIpc) is 2.83. The van der Waals surface area contributed by atoms with Gasteiger partial charge >= 0.3 is 0 Å². The van der Waals surface area contributed by atoms with E-state index in [2.05, 4.69) is 4.98 Å². The van der Waals surface area contributed by atoms with Crippen molar-refractivity contribution in [2.24, 2.45) is 0 Å². The third-order valence-corrected chi connectivity index (χ3v) is 3.96. The van der Waals surface area contributed by atoms with Gasteiger partial charge in [0.25, 0.3) is 0 Å². The van der Waals surface area contributed by atoms with Gasteiger partial charge in [0.15, 0.2) is 0 Å². The molecule has 2 nitrogen and oxygen atoms in total. The van der Waals surface area contributed by atoms with E-state index in [1.165, 1.54) is 0 Å². The molecule has 0 saturated carbocycles. The third kappa shape index (κ3) is 1.92. The summed E-state index contributed by atoms with van der Waals surface area (Å²) in [6.07, 6.45) is -0.638. The lowest BCUT2D eigenvalue weighted by molar-refractivity contribution is 0.215. The molecule has 1 N–H and O–H groups in total. The van der Waals surface area contributed by atoms with Gasteiger partial charge in [0.2, 0.25) is 0 Å². The predicted octanol–water partition coefficient (Wildman–Crippen LogP) is 3.69. The fourth-order valence-corrected chi connectivity index (χ4v) is 2.81. The van der Waals surface area contributed by atoms with Gasteiger partial charge in [0.05, 0.1) is 11.2 Å². The molecule has 90 valence electrons. The van der Waals surface area contributed by atoms with E-state index in [-0.39, 0.29) is 0 Å². The predicted molar refractivity (Wildman–Crippen MR) is 74.9 cm³/mol. The third-order valence-electron chi connectivity index (χ3n) is 3.09. The first-order valence-electron chi connectivity index (χ1n) is 5.83. The number of pyridine rings is 1. The van der Waals surface area contributed by atoms with Crippen LogP contribution in [0.4, 0.5) is 0 Å². The number of aromatic nitrogens is 1. The highest BCUT2D eigenvalue weighted by Crippen LogP contribution is 2.27.